The predicted octanol–water partition coefficient (Wildman–Crippen LogP) is 0.0650. The standard InChI is InChI=1S/C10H16N2O3/c1-2-15-10(14)8-7-5-3-4-6-12(7)11-9(8)13/h7-8H,2-6H2,1H3,(H,11,13). The Morgan fingerprint density at radius 2 is 2.40 bits per heavy atom. The Labute approximate surface area is 88.7 Å². The molecule has 1 amide bonds. The first-order valence-corrected chi connectivity index (χ1v) is 5.48. The van der Waals surface area contributed by atoms with E-state index in [-0.39, 0.29) is 17.9 Å². The minimum absolute atomic E-state index is 0.00491. The van der Waals surface area contributed by atoms with Crippen LogP contribution < -0.4 is 5.43 Å². The number of carbonyl (C=O) groups excluding carboxylic acids is 2. The second-order valence-corrected chi connectivity index (χ2v) is 3.96. The molecular weight excluding hydrogens is 196 g/mol. The summed E-state index contributed by atoms with van der Waals surface area (Å²) in [6, 6.07) is 0.00491. The van der Waals surface area contributed by atoms with Crippen molar-refractivity contribution >= 4 is 11.9 Å². The number of esters is 1. The van der Waals surface area contributed by atoms with Gasteiger partial charge in [-0.2, -0.15) is 0 Å². The van der Waals surface area contributed by atoms with E-state index in [0.717, 1.165) is 25.8 Å². The van der Waals surface area contributed by atoms with Gasteiger partial charge in [0.15, 0.2) is 5.92 Å². The Morgan fingerprint density at radius 3 is 3.13 bits per heavy atom. The zero-order chi connectivity index (χ0) is 10.8. The Kier molecular flexibility index (Phi) is 2.90. The Bertz CT molecular complexity index is 280. The highest BCUT2D eigenvalue weighted by Gasteiger charge is 2.46. The summed E-state index contributed by atoms with van der Waals surface area (Å²) in [4.78, 5) is 23.2. The van der Waals surface area contributed by atoms with E-state index in [4.69, 9.17) is 4.74 Å². The normalized spacial score (nSPS) is 30.9. The van der Waals surface area contributed by atoms with Crippen LogP contribution in [0.4, 0.5) is 0 Å². The van der Waals surface area contributed by atoms with Gasteiger partial charge in [-0.15, -0.1) is 0 Å². The number of piperidine rings is 1. The van der Waals surface area contributed by atoms with Crippen LogP contribution in [0.5, 0.6) is 0 Å². The Hall–Kier alpha value is -1.10. The topological polar surface area (TPSA) is 58.6 Å². The molecule has 5 heteroatoms. The van der Waals surface area contributed by atoms with Crippen LogP contribution in [0.15, 0.2) is 0 Å². The van der Waals surface area contributed by atoms with Crippen LogP contribution in [0.1, 0.15) is 26.2 Å². The molecule has 2 rings (SSSR count). The van der Waals surface area contributed by atoms with Crippen molar-refractivity contribution < 1.29 is 14.3 Å². The Balaban J connectivity index is 2.09. The molecule has 5 nitrogen and oxygen atoms in total. The fraction of sp³-hybridized carbons (Fsp3) is 0.800. The number of amides is 1. The predicted molar refractivity (Wildman–Crippen MR) is 52.6 cm³/mol. The number of fused-ring (bicyclic) bond motifs is 1. The minimum Gasteiger partial charge on any atom is -0.465 e. The quantitative estimate of drug-likeness (QED) is 0.519. The molecule has 0 aromatic carbocycles. The van der Waals surface area contributed by atoms with E-state index in [9.17, 15) is 9.59 Å². The van der Waals surface area contributed by atoms with Gasteiger partial charge in [-0.3, -0.25) is 15.0 Å². The maximum atomic E-state index is 11.6. The first-order valence-electron chi connectivity index (χ1n) is 5.48. The van der Waals surface area contributed by atoms with Gasteiger partial charge in [0.05, 0.1) is 12.6 Å². The van der Waals surface area contributed by atoms with Crippen molar-refractivity contribution in [3.05, 3.63) is 0 Å². The molecule has 0 radical (unpaired) electrons. The first-order chi connectivity index (χ1) is 7.24. The van der Waals surface area contributed by atoms with Crippen molar-refractivity contribution in [1.29, 1.82) is 0 Å². The third-order valence-electron chi connectivity index (χ3n) is 3.01. The lowest BCUT2D eigenvalue weighted by molar-refractivity contribution is -0.151. The SMILES string of the molecule is CCOC(=O)C1C(=O)NN2CCCCC12. The van der Waals surface area contributed by atoms with Gasteiger partial charge in [-0.25, -0.2) is 5.01 Å². The Morgan fingerprint density at radius 1 is 1.60 bits per heavy atom. The molecule has 0 bridgehead atoms. The molecule has 2 fully saturated rings. The fourth-order valence-electron chi connectivity index (χ4n) is 2.32. The van der Waals surface area contributed by atoms with E-state index < -0.39 is 5.92 Å². The molecule has 0 saturated carbocycles. The zero-order valence-corrected chi connectivity index (χ0v) is 8.86. The van der Waals surface area contributed by atoms with Gasteiger partial charge in [-0.1, -0.05) is 6.42 Å². The van der Waals surface area contributed by atoms with Gasteiger partial charge in [0.25, 0.3) is 0 Å². The molecule has 0 spiro atoms. The summed E-state index contributed by atoms with van der Waals surface area (Å²) in [5, 5.41) is 1.88. The number of nitrogens with zero attached hydrogens (tertiary/aromatic N) is 1. The molecule has 0 aromatic heterocycles. The maximum absolute atomic E-state index is 11.6. The molecule has 2 saturated heterocycles. The fourth-order valence-corrected chi connectivity index (χ4v) is 2.32. The third kappa shape index (κ3) is 1.84. The zero-order valence-electron chi connectivity index (χ0n) is 8.86. The van der Waals surface area contributed by atoms with E-state index in [0.29, 0.717) is 6.61 Å². The van der Waals surface area contributed by atoms with Crippen LogP contribution in [-0.4, -0.2) is 36.1 Å². The molecule has 2 atom stereocenters. The first kappa shape index (κ1) is 10.4. The molecular formula is C10H16N2O3. The van der Waals surface area contributed by atoms with E-state index in [1.165, 1.54) is 0 Å². The molecule has 2 aliphatic rings. The van der Waals surface area contributed by atoms with Crippen LogP contribution in [0.2, 0.25) is 0 Å². The van der Waals surface area contributed by atoms with Crippen molar-refractivity contribution in [2.45, 2.75) is 32.2 Å². The van der Waals surface area contributed by atoms with E-state index in [1.807, 2.05) is 5.01 Å². The third-order valence-corrected chi connectivity index (χ3v) is 3.01. The number of rotatable bonds is 2. The van der Waals surface area contributed by atoms with Gasteiger partial charge in [0.2, 0.25) is 5.91 Å². The molecule has 0 aliphatic carbocycles. The number of hydrazine groups is 1. The molecule has 2 heterocycles. The number of hydrogen-bond acceptors (Lipinski definition) is 4. The molecule has 2 unspecified atom stereocenters. The van der Waals surface area contributed by atoms with Gasteiger partial charge in [-0.05, 0) is 19.8 Å². The number of ether oxygens (including phenoxy) is 1. The highest BCUT2D eigenvalue weighted by Crippen LogP contribution is 2.27. The lowest BCUT2D eigenvalue weighted by Gasteiger charge is -2.29. The van der Waals surface area contributed by atoms with E-state index >= 15 is 0 Å². The maximum Gasteiger partial charge on any atom is 0.320 e. The number of hydrogen-bond donors (Lipinski definition) is 1. The van der Waals surface area contributed by atoms with E-state index in [1.54, 1.807) is 6.92 Å². The largest absolute Gasteiger partial charge is 0.465 e. The summed E-state index contributed by atoms with van der Waals surface area (Å²) in [5.41, 5.74) is 2.74. The van der Waals surface area contributed by atoms with Gasteiger partial charge >= 0.3 is 5.97 Å². The van der Waals surface area contributed by atoms with Crippen LogP contribution in [0, 0.1) is 5.92 Å². The van der Waals surface area contributed by atoms with Crippen molar-refractivity contribution in [2.24, 2.45) is 5.92 Å². The van der Waals surface area contributed by atoms with Crippen LogP contribution in [0.25, 0.3) is 0 Å². The number of nitrogens with one attached hydrogen (secondary N) is 1. The van der Waals surface area contributed by atoms with E-state index in [2.05, 4.69) is 5.43 Å². The van der Waals surface area contributed by atoms with Crippen molar-refractivity contribution in [3.8, 4) is 0 Å². The monoisotopic (exact) mass is 212 g/mol. The van der Waals surface area contributed by atoms with Gasteiger partial charge < -0.3 is 4.74 Å². The smallest absolute Gasteiger partial charge is 0.320 e. The highest BCUT2D eigenvalue weighted by atomic mass is 16.5. The number of carbonyl (C=O) groups is 2. The average molecular weight is 212 g/mol. The van der Waals surface area contributed by atoms with Crippen LogP contribution >= 0.6 is 0 Å². The second-order valence-electron chi connectivity index (χ2n) is 3.96. The second kappa shape index (κ2) is 4.18. The molecule has 84 valence electrons. The van der Waals surface area contributed by atoms with Crippen LogP contribution in [-0.2, 0) is 14.3 Å². The van der Waals surface area contributed by atoms with Crippen molar-refractivity contribution in [3.63, 3.8) is 0 Å². The van der Waals surface area contributed by atoms with Crippen LogP contribution in [0.3, 0.4) is 0 Å². The molecule has 15 heavy (non-hydrogen) atoms. The summed E-state index contributed by atoms with van der Waals surface area (Å²) in [5.74, 6) is -1.21. The molecule has 2 aliphatic heterocycles. The molecule has 0 aromatic rings. The molecule has 1 N–H and O–H groups in total. The lowest BCUT2D eigenvalue weighted by atomic mass is 9.93. The lowest BCUT2D eigenvalue weighted by Crippen LogP contribution is -2.43. The van der Waals surface area contributed by atoms with Crippen molar-refractivity contribution in [1.82, 2.24) is 10.4 Å². The summed E-state index contributed by atoms with van der Waals surface area (Å²) in [7, 11) is 0. The van der Waals surface area contributed by atoms with Gasteiger partial charge in [0, 0.05) is 6.54 Å². The minimum atomic E-state index is -0.620. The van der Waals surface area contributed by atoms with Gasteiger partial charge in [0.1, 0.15) is 0 Å². The highest BCUT2D eigenvalue weighted by molar-refractivity contribution is 5.99. The summed E-state index contributed by atoms with van der Waals surface area (Å²) in [6.45, 7) is 2.92. The average Bonchev–Trinajstić information content (AvgIpc) is 2.54. The van der Waals surface area contributed by atoms with Crippen molar-refractivity contribution in [2.75, 3.05) is 13.2 Å². The summed E-state index contributed by atoms with van der Waals surface area (Å²) < 4.78 is 4.92. The summed E-state index contributed by atoms with van der Waals surface area (Å²) in [6.07, 6.45) is 3.04. The summed E-state index contributed by atoms with van der Waals surface area (Å²) >= 11 is 0.